The number of alkyl halides is 2. The molecule has 44 heavy (non-hydrogen) atoms. The summed E-state index contributed by atoms with van der Waals surface area (Å²) in [6.45, 7) is 1.60. The van der Waals surface area contributed by atoms with Crippen LogP contribution in [0.15, 0.2) is 91.3 Å². The Balaban J connectivity index is 1.45. The zero-order chi connectivity index (χ0) is 30.8. The van der Waals surface area contributed by atoms with E-state index in [1.807, 2.05) is 13.0 Å². The van der Waals surface area contributed by atoms with Crippen LogP contribution < -0.4 is 15.5 Å². The van der Waals surface area contributed by atoms with Gasteiger partial charge in [-0.1, -0.05) is 49.4 Å². The molecule has 0 saturated heterocycles. The van der Waals surface area contributed by atoms with E-state index in [2.05, 4.69) is 15.6 Å². The zero-order valence-electron chi connectivity index (χ0n) is 24.1. The highest BCUT2D eigenvalue weighted by atomic mass is 19.3. The van der Waals surface area contributed by atoms with Gasteiger partial charge < -0.3 is 20.1 Å². The molecule has 2 N–H and O–H groups in total. The Morgan fingerprint density at radius 3 is 2.45 bits per heavy atom. The van der Waals surface area contributed by atoms with Crippen LogP contribution in [0, 0.1) is 0 Å². The third-order valence-corrected chi connectivity index (χ3v) is 7.79. The van der Waals surface area contributed by atoms with Crippen molar-refractivity contribution in [1.29, 1.82) is 0 Å². The zero-order valence-corrected chi connectivity index (χ0v) is 24.1. The number of aryl methyl sites for hydroxylation is 1. The average Bonchev–Trinajstić information content (AvgIpc) is 3.73. The molecule has 2 aliphatic rings. The van der Waals surface area contributed by atoms with E-state index in [9.17, 15) is 14.4 Å². The van der Waals surface area contributed by atoms with E-state index in [0.717, 1.165) is 18.9 Å². The monoisotopic (exact) mass is 595 g/mol. The van der Waals surface area contributed by atoms with Crippen molar-refractivity contribution < 1.29 is 23.2 Å². The van der Waals surface area contributed by atoms with E-state index in [-0.39, 0.29) is 35.0 Å². The number of para-hydroxylation sites is 3. The van der Waals surface area contributed by atoms with Crippen molar-refractivity contribution in [2.24, 2.45) is 0 Å². The van der Waals surface area contributed by atoms with Crippen molar-refractivity contribution in [3.05, 3.63) is 114 Å². The van der Waals surface area contributed by atoms with Crippen molar-refractivity contribution >= 4 is 34.7 Å². The molecule has 1 aromatic heterocycles. The number of carbonyl (C=O) groups excluding carboxylic acids is 3. The number of amides is 3. The van der Waals surface area contributed by atoms with Crippen LogP contribution >= 0.6 is 0 Å². The molecule has 10 heteroatoms. The number of benzene rings is 3. The van der Waals surface area contributed by atoms with Gasteiger partial charge >= 0.3 is 0 Å². The third-order valence-electron chi connectivity index (χ3n) is 7.79. The van der Waals surface area contributed by atoms with Crippen LogP contribution in [-0.4, -0.2) is 45.8 Å². The van der Waals surface area contributed by atoms with E-state index in [1.165, 1.54) is 11.0 Å². The summed E-state index contributed by atoms with van der Waals surface area (Å²) in [5.74, 6) is -4.33. The topological polar surface area (TPSA) is 96.3 Å². The van der Waals surface area contributed by atoms with E-state index >= 15 is 8.78 Å². The fourth-order valence-corrected chi connectivity index (χ4v) is 5.46. The highest BCUT2D eigenvalue weighted by Gasteiger charge is 2.42. The molecule has 3 aromatic carbocycles. The number of nitrogens with one attached hydrogen (secondary N) is 2. The Morgan fingerprint density at radius 2 is 1.70 bits per heavy atom. The van der Waals surface area contributed by atoms with E-state index in [4.69, 9.17) is 0 Å². The maximum absolute atomic E-state index is 15.7. The highest BCUT2D eigenvalue weighted by Crippen LogP contribution is 2.43. The second kappa shape index (κ2) is 11.9. The van der Waals surface area contributed by atoms with E-state index < -0.39 is 35.6 Å². The number of hydrogen-bond donors (Lipinski definition) is 2. The standard InChI is InChI=1S/C34H31F2N5O3/c1-2-29-37-18-20-41(29)31-25(32(43)39-22-9-4-3-5-10-22)12-8-13-26(31)33(44)40-19-17-34(35,36)27(21-30(42)38-23-15-16-23)24-11-6-7-14-28(24)40/h3-14,18,20-21,23H,2,15-17,19H2,1H3,(H,38,42)(H,39,43). The lowest BCUT2D eigenvalue weighted by Gasteiger charge is -2.25. The lowest BCUT2D eigenvalue weighted by molar-refractivity contribution is -0.116. The largest absolute Gasteiger partial charge is 0.350 e. The van der Waals surface area contributed by atoms with Crippen molar-refractivity contribution in [1.82, 2.24) is 14.9 Å². The number of allylic oxidation sites excluding steroid dienone is 1. The van der Waals surface area contributed by atoms with Crippen LogP contribution in [0.4, 0.5) is 20.2 Å². The fraction of sp³-hybridized carbons (Fsp3) is 0.235. The Bertz CT molecular complexity index is 1760. The summed E-state index contributed by atoms with van der Waals surface area (Å²) in [6.07, 6.45) is 5.70. The molecule has 3 amide bonds. The van der Waals surface area contributed by atoms with Crippen LogP contribution in [0.25, 0.3) is 11.3 Å². The molecule has 4 aromatic rings. The fourth-order valence-electron chi connectivity index (χ4n) is 5.46. The van der Waals surface area contributed by atoms with Gasteiger partial charge in [0, 0.05) is 60.7 Å². The minimum absolute atomic E-state index is 0.00745. The van der Waals surface area contributed by atoms with E-state index in [0.29, 0.717) is 23.6 Å². The van der Waals surface area contributed by atoms with Gasteiger partial charge in [0.15, 0.2) is 0 Å². The van der Waals surface area contributed by atoms with Gasteiger partial charge in [-0.2, -0.15) is 0 Å². The van der Waals surface area contributed by atoms with E-state index in [1.54, 1.807) is 77.6 Å². The number of anilines is 2. The van der Waals surface area contributed by atoms with Crippen LogP contribution in [0.3, 0.4) is 0 Å². The van der Waals surface area contributed by atoms with Gasteiger partial charge in [-0.15, -0.1) is 0 Å². The first-order valence-electron chi connectivity index (χ1n) is 14.6. The lowest BCUT2D eigenvalue weighted by atomic mass is 9.97. The molecular formula is C34H31F2N5O3. The SMILES string of the molecule is CCc1nccn1-c1c(C(=O)Nc2ccccc2)cccc1C(=O)N1CCC(F)(F)C(=CC(=O)NC2CC2)c2ccccc21. The summed E-state index contributed by atoms with van der Waals surface area (Å²) >= 11 is 0. The molecular weight excluding hydrogens is 564 g/mol. The summed E-state index contributed by atoms with van der Waals surface area (Å²) in [4.78, 5) is 46.4. The van der Waals surface area contributed by atoms with Gasteiger partial charge in [0.25, 0.3) is 17.7 Å². The minimum Gasteiger partial charge on any atom is -0.350 e. The first-order chi connectivity index (χ1) is 21.3. The van der Waals surface area contributed by atoms with Crippen molar-refractivity contribution in [3.8, 4) is 5.69 Å². The maximum Gasteiger partial charge on any atom is 0.275 e. The van der Waals surface area contributed by atoms with Gasteiger partial charge in [-0.25, -0.2) is 13.8 Å². The van der Waals surface area contributed by atoms with Gasteiger partial charge in [0.05, 0.1) is 22.5 Å². The Hall–Kier alpha value is -5.12. The van der Waals surface area contributed by atoms with Crippen molar-refractivity contribution in [2.45, 2.75) is 44.6 Å². The molecule has 6 rings (SSSR count). The van der Waals surface area contributed by atoms with Gasteiger partial charge in [-0.05, 0) is 43.2 Å². The molecule has 2 heterocycles. The average molecular weight is 596 g/mol. The number of carbonyl (C=O) groups is 3. The molecule has 1 aliphatic heterocycles. The van der Waals surface area contributed by atoms with Crippen LogP contribution in [0.2, 0.25) is 0 Å². The summed E-state index contributed by atoms with van der Waals surface area (Å²) < 4.78 is 33.1. The lowest BCUT2D eigenvalue weighted by Crippen LogP contribution is -2.34. The predicted octanol–water partition coefficient (Wildman–Crippen LogP) is 6.03. The first-order valence-corrected chi connectivity index (χ1v) is 14.6. The summed E-state index contributed by atoms with van der Waals surface area (Å²) in [6, 6.07) is 20.1. The van der Waals surface area contributed by atoms with Gasteiger partial charge in [0.2, 0.25) is 5.91 Å². The Kier molecular flexibility index (Phi) is 7.82. The Labute approximate surface area is 253 Å². The Morgan fingerprint density at radius 1 is 0.977 bits per heavy atom. The molecule has 0 bridgehead atoms. The highest BCUT2D eigenvalue weighted by molar-refractivity contribution is 6.15. The number of halogens is 2. The van der Waals surface area contributed by atoms with Gasteiger partial charge in [0.1, 0.15) is 5.82 Å². The molecule has 224 valence electrons. The summed E-state index contributed by atoms with van der Waals surface area (Å²) in [7, 11) is 0. The number of nitrogens with zero attached hydrogens (tertiary/aromatic N) is 3. The minimum atomic E-state index is -3.37. The third kappa shape index (κ3) is 5.75. The van der Waals surface area contributed by atoms with Gasteiger partial charge in [-0.3, -0.25) is 14.4 Å². The number of fused-ring (bicyclic) bond motifs is 1. The molecule has 0 atom stereocenters. The number of aromatic nitrogens is 2. The number of rotatable bonds is 7. The molecule has 0 spiro atoms. The predicted molar refractivity (Wildman–Crippen MR) is 164 cm³/mol. The number of hydrogen-bond acceptors (Lipinski definition) is 4. The molecule has 1 saturated carbocycles. The van der Waals surface area contributed by atoms with Crippen LogP contribution in [0.1, 0.15) is 58.3 Å². The normalized spacial score (nSPS) is 16.6. The van der Waals surface area contributed by atoms with Crippen molar-refractivity contribution in [2.75, 3.05) is 16.8 Å². The van der Waals surface area contributed by atoms with Crippen LogP contribution in [0.5, 0.6) is 0 Å². The second-order valence-corrected chi connectivity index (χ2v) is 10.9. The quantitative estimate of drug-likeness (QED) is 0.255. The smallest absolute Gasteiger partial charge is 0.275 e. The molecule has 1 aliphatic carbocycles. The molecule has 8 nitrogen and oxygen atoms in total. The van der Waals surface area contributed by atoms with Crippen molar-refractivity contribution in [3.63, 3.8) is 0 Å². The first kappa shape index (κ1) is 29.0. The summed E-state index contributed by atoms with van der Waals surface area (Å²) in [5, 5.41) is 5.62. The number of imidazole rings is 1. The molecule has 1 fully saturated rings. The molecule has 0 radical (unpaired) electrons. The van der Waals surface area contributed by atoms with Crippen LogP contribution in [-0.2, 0) is 11.2 Å². The second-order valence-electron chi connectivity index (χ2n) is 10.9. The molecule has 0 unspecified atom stereocenters. The summed E-state index contributed by atoms with van der Waals surface area (Å²) in [5.41, 5.74) is 1.18. The maximum atomic E-state index is 15.7.